The van der Waals surface area contributed by atoms with Gasteiger partial charge in [0.25, 0.3) is 0 Å². The molecule has 2 atom stereocenters. The van der Waals surface area contributed by atoms with Crippen LogP contribution in [0, 0.1) is 0 Å². The third-order valence-corrected chi connectivity index (χ3v) is 4.38. The van der Waals surface area contributed by atoms with Crippen molar-refractivity contribution >= 4 is 0 Å². The van der Waals surface area contributed by atoms with Crippen LogP contribution in [-0.4, -0.2) is 24.0 Å². The van der Waals surface area contributed by atoms with Gasteiger partial charge in [-0.05, 0) is 32.7 Å². The van der Waals surface area contributed by atoms with Gasteiger partial charge in [0.05, 0.1) is 0 Å². The summed E-state index contributed by atoms with van der Waals surface area (Å²) in [6, 6.07) is 1.62. The standard InChI is InChI=1S/C17H37N/c1-6-10-12-14-16(8-3)18(5)17(9-4)15-13-11-7-2/h16-17H,6-15H2,1-5H3. The second-order valence-electron chi connectivity index (χ2n) is 5.78. The molecule has 1 heteroatoms. The van der Waals surface area contributed by atoms with Gasteiger partial charge in [-0.3, -0.25) is 0 Å². The number of rotatable bonds is 12. The predicted octanol–water partition coefficient (Wildman–Crippen LogP) is 5.64. The van der Waals surface area contributed by atoms with Crippen LogP contribution >= 0.6 is 0 Å². The molecule has 0 aliphatic rings. The third kappa shape index (κ3) is 7.41. The highest BCUT2D eigenvalue weighted by Crippen LogP contribution is 2.19. The van der Waals surface area contributed by atoms with E-state index in [0.717, 1.165) is 12.1 Å². The van der Waals surface area contributed by atoms with E-state index in [-0.39, 0.29) is 0 Å². The Morgan fingerprint density at radius 1 is 0.667 bits per heavy atom. The van der Waals surface area contributed by atoms with Crippen molar-refractivity contribution in [1.29, 1.82) is 0 Å². The molecule has 0 aromatic heterocycles. The lowest BCUT2D eigenvalue weighted by atomic mass is 9.99. The lowest BCUT2D eigenvalue weighted by Gasteiger charge is -2.34. The summed E-state index contributed by atoms with van der Waals surface area (Å²) in [4.78, 5) is 2.69. The Morgan fingerprint density at radius 2 is 1.06 bits per heavy atom. The van der Waals surface area contributed by atoms with Crippen LogP contribution in [-0.2, 0) is 0 Å². The molecule has 2 unspecified atom stereocenters. The van der Waals surface area contributed by atoms with Crippen LogP contribution in [0.25, 0.3) is 0 Å². The molecule has 0 aromatic rings. The van der Waals surface area contributed by atoms with Gasteiger partial charge < -0.3 is 4.90 Å². The molecule has 0 aliphatic heterocycles. The highest BCUT2D eigenvalue weighted by Gasteiger charge is 2.19. The van der Waals surface area contributed by atoms with E-state index in [9.17, 15) is 0 Å². The summed E-state index contributed by atoms with van der Waals surface area (Å²) in [5.74, 6) is 0. The molecule has 0 heterocycles. The first-order chi connectivity index (χ1) is 8.71. The summed E-state index contributed by atoms with van der Waals surface area (Å²) < 4.78 is 0. The molecule has 0 radical (unpaired) electrons. The van der Waals surface area contributed by atoms with Crippen molar-refractivity contribution in [3.05, 3.63) is 0 Å². The van der Waals surface area contributed by atoms with Gasteiger partial charge in [0.15, 0.2) is 0 Å². The second kappa shape index (κ2) is 12.0. The van der Waals surface area contributed by atoms with Gasteiger partial charge >= 0.3 is 0 Å². The predicted molar refractivity (Wildman–Crippen MR) is 84.2 cm³/mol. The SMILES string of the molecule is CCCCCC(CC)N(C)C(CC)CCCCC. The number of nitrogens with zero attached hydrogens (tertiary/aromatic N) is 1. The van der Waals surface area contributed by atoms with Crippen LogP contribution in [0.2, 0.25) is 0 Å². The first-order valence-electron chi connectivity index (χ1n) is 8.43. The smallest absolute Gasteiger partial charge is 0.00925 e. The summed E-state index contributed by atoms with van der Waals surface area (Å²) in [5.41, 5.74) is 0. The second-order valence-corrected chi connectivity index (χ2v) is 5.78. The Balaban J connectivity index is 4.11. The van der Waals surface area contributed by atoms with Crippen molar-refractivity contribution < 1.29 is 0 Å². The maximum absolute atomic E-state index is 2.69. The van der Waals surface area contributed by atoms with E-state index in [2.05, 4.69) is 39.6 Å². The van der Waals surface area contributed by atoms with Crippen LogP contribution in [0.3, 0.4) is 0 Å². The molecule has 110 valence electrons. The van der Waals surface area contributed by atoms with Gasteiger partial charge in [-0.15, -0.1) is 0 Å². The number of hydrogen-bond donors (Lipinski definition) is 0. The highest BCUT2D eigenvalue weighted by molar-refractivity contribution is 4.75. The molecule has 1 nitrogen and oxygen atoms in total. The van der Waals surface area contributed by atoms with E-state index in [4.69, 9.17) is 0 Å². The molecule has 0 aromatic carbocycles. The van der Waals surface area contributed by atoms with Crippen molar-refractivity contribution in [2.24, 2.45) is 0 Å². The molecular weight excluding hydrogens is 218 g/mol. The topological polar surface area (TPSA) is 3.24 Å². The van der Waals surface area contributed by atoms with Crippen molar-refractivity contribution in [3.63, 3.8) is 0 Å². The van der Waals surface area contributed by atoms with Crippen LogP contribution in [0.15, 0.2) is 0 Å². The average molecular weight is 255 g/mol. The molecule has 0 saturated heterocycles. The zero-order valence-corrected chi connectivity index (χ0v) is 13.7. The lowest BCUT2D eigenvalue weighted by Crippen LogP contribution is -2.39. The molecule has 0 spiro atoms. The van der Waals surface area contributed by atoms with Gasteiger partial charge in [-0.1, -0.05) is 66.2 Å². The van der Waals surface area contributed by atoms with E-state index in [0.29, 0.717) is 0 Å². The molecule has 0 bridgehead atoms. The molecule has 0 saturated carbocycles. The minimum absolute atomic E-state index is 0.808. The Hall–Kier alpha value is -0.0400. The normalized spacial score (nSPS) is 15.0. The van der Waals surface area contributed by atoms with E-state index in [1.807, 2.05) is 0 Å². The Kier molecular flexibility index (Phi) is 12.0. The summed E-state index contributed by atoms with van der Waals surface area (Å²) >= 11 is 0. The van der Waals surface area contributed by atoms with Crippen LogP contribution in [0.4, 0.5) is 0 Å². The molecule has 0 fully saturated rings. The van der Waals surface area contributed by atoms with E-state index in [1.54, 1.807) is 0 Å². The number of hydrogen-bond acceptors (Lipinski definition) is 1. The van der Waals surface area contributed by atoms with Gasteiger partial charge in [0.2, 0.25) is 0 Å². The maximum atomic E-state index is 2.69. The van der Waals surface area contributed by atoms with Crippen molar-refractivity contribution in [3.8, 4) is 0 Å². The first-order valence-corrected chi connectivity index (χ1v) is 8.43. The molecule has 0 amide bonds. The lowest BCUT2D eigenvalue weighted by molar-refractivity contribution is 0.143. The fourth-order valence-corrected chi connectivity index (χ4v) is 2.95. The van der Waals surface area contributed by atoms with Crippen LogP contribution in [0.1, 0.15) is 91.9 Å². The fourth-order valence-electron chi connectivity index (χ4n) is 2.95. The minimum Gasteiger partial charge on any atom is -0.300 e. The molecule has 0 aliphatic carbocycles. The zero-order valence-electron chi connectivity index (χ0n) is 13.7. The van der Waals surface area contributed by atoms with Crippen molar-refractivity contribution in [2.45, 2.75) is 104 Å². The van der Waals surface area contributed by atoms with Gasteiger partial charge in [0, 0.05) is 12.1 Å². The summed E-state index contributed by atoms with van der Waals surface area (Å²) in [6.45, 7) is 9.30. The number of unbranched alkanes of at least 4 members (excludes halogenated alkanes) is 4. The van der Waals surface area contributed by atoms with Gasteiger partial charge in [-0.2, -0.15) is 0 Å². The van der Waals surface area contributed by atoms with Crippen LogP contribution in [0.5, 0.6) is 0 Å². The van der Waals surface area contributed by atoms with Crippen molar-refractivity contribution in [1.82, 2.24) is 4.90 Å². The minimum atomic E-state index is 0.808. The van der Waals surface area contributed by atoms with E-state index in [1.165, 1.54) is 64.2 Å². The van der Waals surface area contributed by atoms with E-state index >= 15 is 0 Å². The molecular formula is C17H37N. The largest absolute Gasteiger partial charge is 0.300 e. The molecule has 0 N–H and O–H groups in total. The Morgan fingerprint density at radius 3 is 1.33 bits per heavy atom. The molecule has 18 heavy (non-hydrogen) atoms. The zero-order chi connectivity index (χ0) is 13.8. The molecule has 0 rings (SSSR count). The van der Waals surface area contributed by atoms with E-state index < -0.39 is 0 Å². The quantitative estimate of drug-likeness (QED) is 0.408. The fraction of sp³-hybridized carbons (Fsp3) is 1.00. The van der Waals surface area contributed by atoms with Crippen molar-refractivity contribution in [2.75, 3.05) is 7.05 Å². The summed E-state index contributed by atoms with van der Waals surface area (Å²) in [5, 5.41) is 0. The maximum Gasteiger partial charge on any atom is 0.00925 e. The van der Waals surface area contributed by atoms with Crippen LogP contribution < -0.4 is 0 Å². The summed E-state index contributed by atoms with van der Waals surface area (Å²) in [7, 11) is 2.36. The monoisotopic (exact) mass is 255 g/mol. The third-order valence-electron chi connectivity index (χ3n) is 4.38. The average Bonchev–Trinajstić information content (AvgIpc) is 2.39. The highest BCUT2D eigenvalue weighted by atomic mass is 15.2. The first kappa shape index (κ1) is 18.0. The van der Waals surface area contributed by atoms with Gasteiger partial charge in [0.1, 0.15) is 0 Å². The Bertz CT molecular complexity index is 149. The summed E-state index contributed by atoms with van der Waals surface area (Å²) in [6.07, 6.45) is 13.7. The Labute approximate surface area is 116 Å². The van der Waals surface area contributed by atoms with Gasteiger partial charge in [-0.25, -0.2) is 0 Å².